The van der Waals surface area contributed by atoms with Crippen LogP contribution in [0, 0.1) is 0 Å². The van der Waals surface area contributed by atoms with E-state index in [-0.39, 0.29) is 25.0 Å². The summed E-state index contributed by atoms with van der Waals surface area (Å²) in [7, 11) is 0. The molecular formula is C22H22N4O5S. The number of carbonyl (C=O) groups excluding carboxylic acids is 2. The predicted octanol–water partition coefficient (Wildman–Crippen LogP) is 1.78. The molecule has 1 aromatic carbocycles. The molecule has 2 aliphatic rings. The van der Waals surface area contributed by atoms with Crippen LogP contribution in [0.1, 0.15) is 35.5 Å². The Morgan fingerprint density at radius 3 is 2.84 bits per heavy atom. The van der Waals surface area contributed by atoms with Crippen LogP contribution in [0.25, 0.3) is 10.2 Å². The van der Waals surface area contributed by atoms with E-state index in [1.165, 1.54) is 4.88 Å². The van der Waals surface area contributed by atoms with Crippen molar-refractivity contribution in [3.63, 3.8) is 0 Å². The van der Waals surface area contributed by atoms with Crippen LogP contribution in [0.2, 0.25) is 0 Å². The van der Waals surface area contributed by atoms with Crippen molar-refractivity contribution in [1.82, 2.24) is 20.8 Å². The van der Waals surface area contributed by atoms with Crippen LogP contribution in [0.5, 0.6) is 11.5 Å². The van der Waals surface area contributed by atoms with E-state index >= 15 is 0 Å². The number of nitrogens with zero attached hydrogens (tertiary/aromatic N) is 1. The van der Waals surface area contributed by atoms with Gasteiger partial charge in [-0.1, -0.05) is 12.1 Å². The van der Waals surface area contributed by atoms with E-state index in [1.54, 1.807) is 29.5 Å². The zero-order valence-electron chi connectivity index (χ0n) is 17.2. The number of fused-ring (bicyclic) bond motifs is 4. The maximum Gasteiger partial charge on any atom is 0.283 e. The summed E-state index contributed by atoms with van der Waals surface area (Å²) in [4.78, 5) is 46.4. The number of rotatable bonds is 4. The van der Waals surface area contributed by atoms with Gasteiger partial charge in [-0.2, -0.15) is 0 Å². The number of hydrogen-bond acceptors (Lipinski definition) is 7. The van der Waals surface area contributed by atoms with E-state index in [9.17, 15) is 14.4 Å². The smallest absolute Gasteiger partial charge is 0.283 e. The lowest BCUT2D eigenvalue weighted by Gasteiger charge is -2.25. The number of H-pyrrole nitrogens is 1. The highest BCUT2D eigenvalue weighted by Gasteiger charge is 2.27. The first-order chi connectivity index (χ1) is 15.6. The third-order valence-corrected chi connectivity index (χ3v) is 6.77. The number of aromatic nitrogens is 2. The molecule has 0 saturated heterocycles. The number of hydrazine groups is 1. The number of hydrogen-bond donors (Lipinski definition) is 3. The summed E-state index contributed by atoms with van der Waals surface area (Å²) in [6.45, 7) is 0.0503. The van der Waals surface area contributed by atoms with Crippen molar-refractivity contribution in [2.75, 3.05) is 6.61 Å². The average Bonchev–Trinajstić information content (AvgIpc) is 3.19. The topological polar surface area (TPSA) is 122 Å². The highest BCUT2D eigenvalue weighted by molar-refractivity contribution is 7.18. The molecule has 32 heavy (non-hydrogen) atoms. The van der Waals surface area contributed by atoms with Gasteiger partial charge >= 0.3 is 0 Å². The van der Waals surface area contributed by atoms with Crippen LogP contribution in [0.15, 0.2) is 29.1 Å². The lowest BCUT2D eigenvalue weighted by atomic mass is 9.97. The fourth-order valence-electron chi connectivity index (χ4n) is 3.98. The summed E-state index contributed by atoms with van der Waals surface area (Å²) in [5, 5.41) is 0.696. The van der Waals surface area contributed by atoms with Gasteiger partial charge in [-0.3, -0.25) is 25.2 Å². The third kappa shape index (κ3) is 4.05. The van der Waals surface area contributed by atoms with E-state index in [2.05, 4.69) is 20.8 Å². The molecular weight excluding hydrogens is 432 g/mol. The molecule has 1 unspecified atom stereocenters. The molecule has 0 saturated carbocycles. The minimum atomic E-state index is -0.865. The molecule has 9 nitrogen and oxygen atoms in total. The van der Waals surface area contributed by atoms with Gasteiger partial charge in [0.05, 0.1) is 5.39 Å². The Bertz CT molecular complexity index is 1250. The Labute approximate surface area is 187 Å². The van der Waals surface area contributed by atoms with Gasteiger partial charge in [0.2, 0.25) is 12.0 Å². The van der Waals surface area contributed by atoms with E-state index in [0.717, 1.165) is 36.1 Å². The first kappa shape index (κ1) is 20.5. The predicted molar refractivity (Wildman–Crippen MR) is 118 cm³/mol. The Balaban J connectivity index is 1.15. The van der Waals surface area contributed by atoms with Crippen LogP contribution in [-0.2, 0) is 28.9 Å². The van der Waals surface area contributed by atoms with Gasteiger partial charge in [0.25, 0.3) is 11.5 Å². The molecule has 1 atom stereocenters. The van der Waals surface area contributed by atoms with Crippen LogP contribution < -0.4 is 25.9 Å². The summed E-state index contributed by atoms with van der Waals surface area (Å²) < 4.78 is 11.1. The first-order valence-electron chi connectivity index (χ1n) is 10.6. The Kier molecular flexibility index (Phi) is 5.52. The molecule has 1 aliphatic carbocycles. The second-order valence-electron chi connectivity index (χ2n) is 7.81. The lowest BCUT2D eigenvalue weighted by molar-refractivity contribution is -0.135. The standard InChI is InChI=1S/C22H22N4O5S/c27-18(25-26-20(28)15-11-30-13-6-2-3-7-14(13)31-15)10-9-17-23-21(29)19-12-5-1-4-8-16(12)32-22(19)24-17/h2-3,6-7,15H,1,4-5,8-11H2,(H,25,27)(H,26,28)(H,23,24,29). The molecule has 2 amide bonds. The molecule has 3 N–H and O–H groups in total. The van der Waals surface area contributed by atoms with Gasteiger partial charge in [-0.05, 0) is 43.4 Å². The maximum absolute atomic E-state index is 12.6. The van der Waals surface area contributed by atoms with Crippen molar-refractivity contribution < 1.29 is 19.1 Å². The Morgan fingerprint density at radius 1 is 1.16 bits per heavy atom. The molecule has 0 radical (unpaired) electrons. The van der Waals surface area contributed by atoms with Gasteiger partial charge < -0.3 is 14.5 Å². The van der Waals surface area contributed by atoms with Crippen molar-refractivity contribution in [3.05, 3.63) is 50.9 Å². The van der Waals surface area contributed by atoms with Gasteiger partial charge in [0, 0.05) is 17.7 Å². The maximum atomic E-state index is 12.6. The number of ether oxygens (including phenoxy) is 2. The SMILES string of the molecule is O=C(CCc1nc2sc3c(c2c(=O)[nH]1)CCCC3)NNC(=O)C1COc2ccccc2O1. The van der Waals surface area contributed by atoms with Gasteiger partial charge in [0.15, 0.2) is 11.5 Å². The van der Waals surface area contributed by atoms with Crippen LogP contribution in [0.4, 0.5) is 0 Å². The molecule has 2 aromatic heterocycles. The Morgan fingerprint density at radius 2 is 1.97 bits per heavy atom. The number of benzene rings is 1. The highest BCUT2D eigenvalue weighted by atomic mass is 32.1. The molecule has 166 valence electrons. The minimum Gasteiger partial charge on any atom is -0.485 e. The fourth-order valence-corrected chi connectivity index (χ4v) is 5.26. The number of aryl methyl sites for hydroxylation is 3. The van der Waals surface area contributed by atoms with Crippen molar-refractivity contribution in [2.45, 2.75) is 44.6 Å². The largest absolute Gasteiger partial charge is 0.485 e. The molecule has 0 fully saturated rings. The van der Waals surface area contributed by atoms with Gasteiger partial charge in [-0.15, -0.1) is 11.3 Å². The molecule has 3 heterocycles. The second-order valence-corrected chi connectivity index (χ2v) is 8.89. The van der Waals surface area contributed by atoms with E-state index < -0.39 is 17.9 Å². The number of carbonyl (C=O) groups is 2. The van der Waals surface area contributed by atoms with Crippen LogP contribution >= 0.6 is 11.3 Å². The summed E-state index contributed by atoms with van der Waals surface area (Å²) in [6, 6.07) is 7.06. The van der Waals surface area contributed by atoms with E-state index in [4.69, 9.17) is 9.47 Å². The molecule has 10 heteroatoms. The van der Waals surface area contributed by atoms with Crippen LogP contribution in [-0.4, -0.2) is 34.5 Å². The molecule has 0 spiro atoms. The summed E-state index contributed by atoms with van der Waals surface area (Å²) in [6.07, 6.45) is 3.60. The number of amides is 2. The molecule has 3 aromatic rings. The number of aromatic amines is 1. The monoisotopic (exact) mass is 454 g/mol. The molecule has 5 rings (SSSR count). The highest BCUT2D eigenvalue weighted by Crippen LogP contribution is 2.33. The zero-order chi connectivity index (χ0) is 22.1. The average molecular weight is 455 g/mol. The summed E-state index contributed by atoms with van der Waals surface area (Å²) >= 11 is 1.57. The van der Waals surface area contributed by atoms with Crippen molar-refractivity contribution in [2.24, 2.45) is 0 Å². The van der Waals surface area contributed by atoms with Gasteiger partial charge in [-0.25, -0.2) is 4.98 Å². The number of para-hydroxylation sites is 2. The van der Waals surface area contributed by atoms with Crippen molar-refractivity contribution in [1.29, 1.82) is 0 Å². The van der Waals surface area contributed by atoms with E-state index in [1.807, 2.05) is 6.07 Å². The molecule has 1 aliphatic heterocycles. The fraction of sp³-hybridized carbons (Fsp3) is 0.364. The number of nitrogens with one attached hydrogen (secondary N) is 3. The first-order valence-corrected chi connectivity index (χ1v) is 11.4. The normalized spacial score (nSPS) is 16.9. The quantitative estimate of drug-likeness (QED) is 0.517. The van der Waals surface area contributed by atoms with Crippen molar-refractivity contribution in [3.8, 4) is 11.5 Å². The summed E-state index contributed by atoms with van der Waals surface area (Å²) in [5.41, 5.74) is 5.72. The van der Waals surface area contributed by atoms with Gasteiger partial charge in [0.1, 0.15) is 17.3 Å². The third-order valence-electron chi connectivity index (χ3n) is 5.59. The van der Waals surface area contributed by atoms with E-state index in [0.29, 0.717) is 22.7 Å². The lowest BCUT2D eigenvalue weighted by Crippen LogP contribution is -2.50. The Hall–Kier alpha value is -3.40. The zero-order valence-corrected chi connectivity index (χ0v) is 18.0. The molecule has 0 bridgehead atoms. The van der Waals surface area contributed by atoms with Crippen LogP contribution in [0.3, 0.4) is 0 Å². The van der Waals surface area contributed by atoms with Crippen molar-refractivity contribution >= 4 is 33.4 Å². The minimum absolute atomic E-state index is 0.0503. The second kappa shape index (κ2) is 8.62. The summed E-state index contributed by atoms with van der Waals surface area (Å²) in [5.74, 6) is 0.605. The number of thiophene rings is 1.